The Morgan fingerprint density at radius 2 is 1.90 bits per heavy atom. The molecule has 1 saturated carbocycles. The van der Waals surface area contributed by atoms with E-state index in [0.717, 1.165) is 17.5 Å². The van der Waals surface area contributed by atoms with Crippen molar-refractivity contribution >= 4 is 46.0 Å². The van der Waals surface area contributed by atoms with Crippen molar-refractivity contribution in [2.45, 2.75) is 17.6 Å². The molecule has 2 aliphatic rings. The summed E-state index contributed by atoms with van der Waals surface area (Å²) in [6, 6.07) is 11.7. The van der Waals surface area contributed by atoms with Crippen molar-refractivity contribution in [3.05, 3.63) is 46.7 Å². The zero-order chi connectivity index (χ0) is 19.8. The lowest BCUT2D eigenvalue weighted by Crippen LogP contribution is -2.51. The van der Waals surface area contributed by atoms with Crippen LogP contribution in [0.15, 0.2) is 51.4 Å². The molecule has 0 unspecified atom stereocenters. The number of carbonyl (C=O) groups excluding carboxylic acids is 2. The maximum absolute atomic E-state index is 12.7. The first-order valence-electron chi connectivity index (χ1n) is 9.77. The van der Waals surface area contributed by atoms with E-state index in [1.807, 2.05) is 40.1 Å². The number of amides is 2. The molecule has 0 N–H and O–H groups in total. The predicted octanol–water partition coefficient (Wildman–Crippen LogP) is 3.46. The van der Waals surface area contributed by atoms with Crippen molar-refractivity contribution in [2.24, 2.45) is 5.92 Å². The maximum Gasteiger partial charge on any atom is 0.257 e. The molecule has 29 heavy (non-hydrogen) atoms. The van der Waals surface area contributed by atoms with Gasteiger partial charge in [0.15, 0.2) is 5.58 Å². The minimum atomic E-state index is 0.0623. The number of para-hydroxylation sites is 2. The molecule has 5 rings (SSSR count). The molecule has 3 heterocycles. The minimum Gasteiger partial charge on any atom is -0.431 e. The molecule has 2 atom stereocenters. The first-order chi connectivity index (χ1) is 14.2. The number of hydrogen-bond acceptors (Lipinski definition) is 6. The van der Waals surface area contributed by atoms with Gasteiger partial charge in [-0.3, -0.25) is 9.59 Å². The summed E-state index contributed by atoms with van der Waals surface area (Å²) in [7, 11) is 0. The highest BCUT2D eigenvalue weighted by atomic mass is 32.2. The number of oxazole rings is 1. The van der Waals surface area contributed by atoms with Crippen molar-refractivity contribution in [2.75, 3.05) is 31.9 Å². The number of benzene rings is 1. The van der Waals surface area contributed by atoms with Gasteiger partial charge in [0.1, 0.15) is 5.52 Å². The van der Waals surface area contributed by atoms with Gasteiger partial charge in [-0.25, -0.2) is 4.98 Å². The Morgan fingerprint density at radius 3 is 2.66 bits per heavy atom. The Labute approximate surface area is 176 Å². The largest absolute Gasteiger partial charge is 0.431 e. The van der Waals surface area contributed by atoms with Crippen LogP contribution < -0.4 is 0 Å². The average molecular weight is 428 g/mol. The van der Waals surface area contributed by atoms with Crippen LogP contribution >= 0.6 is 23.1 Å². The third kappa shape index (κ3) is 3.91. The van der Waals surface area contributed by atoms with E-state index in [9.17, 15) is 9.59 Å². The molecule has 1 aromatic carbocycles. The summed E-state index contributed by atoms with van der Waals surface area (Å²) in [6.45, 7) is 2.42. The molecule has 2 amide bonds. The molecule has 2 aromatic heterocycles. The molecule has 1 aliphatic heterocycles. The fourth-order valence-electron chi connectivity index (χ4n) is 3.82. The van der Waals surface area contributed by atoms with Crippen molar-refractivity contribution in [1.82, 2.24) is 14.8 Å². The molecule has 1 aliphatic carbocycles. The van der Waals surface area contributed by atoms with Gasteiger partial charge in [-0.05, 0) is 30.0 Å². The number of aromatic nitrogens is 1. The molecular formula is C21H21N3O3S2. The van der Waals surface area contributed by atoms with Crippen LogP contribution in [0.5, 0.6) is 0 Å². The summed E-state index contributed by atoms with van der Waals surface area (Å²) in [6.07, 6.45) is 0.958. The van der Waals surface area contributed by atoms with E-state index < -0.39 is 0 Å². The minimum absolute atomic E-state index is 0.0623. The van der Waals surface area contributed by atoms with E-state index in [1.165, 1.54) is 16.6 Å². The number of piperazine rings is 1. The average Bonchev–Trinajstić information content (AvgIpc) is 3.16. The molecule has 0 radical (unpaired) electrons. The van der Waals surface area contributed by atoms with Gasteiger partial charge in [0.05, 0.1) is 5.75 Å². The van der Waals surface area contributed by atoms with Crippen molar-refractivity contribution in [3.63, 3.8) is 0 Å². The van der Waals surface area contributed by atoms with Crippen molar-refractivity contribution in [3.8, 4) is 0 Å². The molecule has 8 heteroatoms. The molecule has 3 aromatic rings. The van der Waals surface area contributed by atoms with Gasteiger partial charge in [-0.15, -0.1) is 11.3 Å². The van der Waals surface area contributed by atoms with Gasteiger partial charge in [-0.2, -0.15) is 0 Å². The van der Waals surface area contributed by atoms with E-state index in [-0.39, 0.29) is 17.7 Å². The normalized spacial score (nSPS) is 21.5. The lowest BCUT2D eigenvalue weighted by Gasteiger charge is -2.35. The second-order valence-electron chi connectivity index (χ2n) is 7.41. The lowest BCUT2D eigenvalue weighted by atomic mass is 10.2. The SMILES string of the molecule is O=C(CSc1nc2ccccc2o1)N1CCN(C(=O)[C@@H]2C[C@@H]2c2cccs2)CC1. The molecule has 150 valence electrons. The highest BCUT2D eigenvalue weighted by Crippen LogP contribution is 2.50. The number of hydrogen-bond donors (Lipinski definition) is 0. The van der Waals surface area contributed by atoms with Crippen LogP contribution in [0.3, 0.4) is 0 Å². The van der Waals surface area contributed by atoms with Crippen molar-refractivity contribution in [1.29, 1.82) is 0 Å². The van der Waals surface area contributed by atoms with Crippen LogP contribution in [-0.4, -0.2) is 58.5 Å². The molecule has 0 bridgehead atoms. The fourth-order valence-corrected chi connectivity index (χ4v) is 5.47. The molecular weight excluding hydrogens is 406 g/mol. The lowest BCUT2D eigenvalue weighted by molar-refractivity contribution is -0.139. The standard InChI is InChI=1S/C21H21N3O3S2/c25-19(13-29-21-22-16-4-1-2-5-17(16)27-21)23-7-9-24(10-8-23)20(26)15-12-14(15)18-6-3-11-28-18/h1-6,11,14-15H,7-10,12-13H2/t14-,15+/m0/s1. The number of thiophene rings is 1. The quantitative estimate of drug-likeness (QED) is 0.584. The van der Waals surface area contributed by atoms with E-state index in [0.29, 0.717) is 43.1 Å². The summed E-state index contributed by atoms with van der Waals surface area (Å²) in [4.78, 5) is 34.8. The monoisotopic (exact) mass is 427 g/mol. The number of thioether (sulfide) groups is 1. The van der Waals surface area contributed by atoms with Gasteiger partial charge >= 0.3 is 0 Å². The number of fused-ring (bicyclic) bond motifs is 1. The first kappa shape index (κ1) is 18.7. The van der Waals surface area contributed by atoms with Crippen molar-refractivity contribution < 1.29 is 14.0 Å². The van der Waals surface area contributed by atoms with Crippen LogP contribution in [0, 0.1) is 5.92 Å². The van der Waals surface area contributed by atoms with Gasteiger partial charge in [-0.1, -0.05) is 30.0 Å². The fraction of sp³-hybridized carbons (Fsp3) is 0.381. The third-order valence-corrected chi connectivity index (χ3v) is 7.37. The maximum atomic E-state index is 12.7. The van der Waals surface area contributed by atoms with Crippen LogP contribution in [0.4, 0.5) is 0 Å². The van der Waals surface area contributed by atoms with E-state index in [1.54, 1.807) is 11.3 Å². The zero-order valence-electron chi connectivity index (χ0n) is 15.8. The Balaban J connectivity index is 1.10. The highest BCUT2D eigenvalue weighted by Gasteiger charge is 2.46. The zero-order valence-corrected chi connectivity index (χ0v) is 17.5. The molecule has 6 nitrogen and oxygen atoms in total. The van der Waals surface area contributed by atoms with E-state index in [4.69, 9.17) is 4.42 Å². The third-order valence-electron chi connectivity index (χ3n) is 5.55. The predicted molar refractivity (Wildman–Crippen MR) is 113 cm³/mol. The smallest absolute Gasteiger partial charge is 0.257 e. The number of nitrogens with zero attached hydrogens (tertiary/aromatic N) is 3. The summed E-state index contributed by atoms with van der Waals surface area (Å²) in [5.41, 5.74) is 1.53. The Kier molecular flexibility index (Phi) is 5.05. The van der Waals surface area contributed by atoms with E-state index in [2.05, 4.69) is 16.4 Å². The van der Waals surface area contributed by atoms with Crippen LogP contribution in [-0.2, 0) is 9.59 Å². The van der Waals surface area contributed by atoms with Crippen LogP contribution in [0.1, 0.15) is 17.2 Å². The topological polar surface area (TPSA) is 66.7 Å². The Morgan fingerprint density at radius 1 is 1.10 bits per heavy atom. The first-order valence-corrected chi connectivity index (χ1v) is 11.6. The van der Waals surface area contributed by atoms with Crippen LogP contribution in [0.25, 0.3) is 11.1 Å². The van der Waals surface area contributed by atoms with Gasteiger partial charge in [0.25, 0.3) is 5.22 Å². The second-order valence-corrected chi connectivity index (χ2v) is 9.31. The highest BCUT2D eigenvalue weighted by molar-refractivity contribution is 7.99. The second kappa shape index (κ2) is 7.84. The number of rotatable bonds is 5. The van der Waals surface area contributed by atoms with Crippen LogP contribution in [0.2, 0.25) is 0 Å². The Hall–Kier alpha value is -2.32. The molecule has 0 spiro atoms. The van der Waals surface area contributed by atoms with Gasteiger partial charge in [0, 0.05) is 42.9 Å². The van der Waals surface area contributed by atoms with Gasteiger partial charge in [0.2, 0.25) is 11.8 Å². The molecule has 2 fully saturated rings. The van der Waals surface area contributed by atoms with E-state index >= 15 is 0 Å². The summed E-state index contributed by atoms with van der Waals surface area (Å²) in [5, 5.41) is 2.58. The summed E-state index contributed by atoms with van der Waals surface area (Å²) < 4.78 is 5.66. The number of carbonyl (C=O) groups is 2. The van der Waals surface area contributed by atoms with Gasteiger partial charge < -0.3 is 14.2 Å². The summed E-state index contributed by atoms with van der Waals surface area (Å²) in [5.74, 6) is 1.13. The summed E-state index contributed by atoms with van der Waals surface area (Å²) >= 11 is 3.05. The molecule has 1 saturated heterocycles. The Bertz CT molecular complexity index is 992.